The third kappa shape index (κ3) is 4.15. The molecule has 19 heavy (non-hydrogen) atoms. The first-order valence-corrected chi connectivity index (χ1v) is 7.27. The molecule has 0 aromatic heterocycles. The highest BCUT2D eigenvalue weighted by molar-refractivity contribution is 9.10. The van der Waals surface area contributed by atoms with Crippen LogP contribution in [0.15, 0.2) is 46.9 Å². The first kappa shape index (κ1) is 14.2. The van der Waals surface area contributed by atoms with Gasteiger partial charge in [0.1, 0.15) is 5.75 Å². The van der Waals surface area contributed by atoms with Crippen molar-refractivity contribution in [2.24, 2.45) is 0 Å². The summed E-state index contributed by atoms with van der Waals surface area (Å²) in [5.41, 5.74) is 2.24. The van der Waals surface area contributed by atoms with Crippen molar-refractivity contribution in [1.29, 1.82) is 0 Å². The van der Waals surface area contributed by atoms with Crippen molar-refractivity contribution in [3.63, 3.8) is 0 Å². The first-order chi connectivity index (χ1) is 9.19. The molecule has 100 valence electrons. The molecule has 0 amide bonds. The Balaban J connectivity index is 1.96. The van der Waals surface area contributed by atoms with E-state index < -0.39 is 0 Å². The molecule has 0 heterocycles. The maximum Gasteiger partial charge on any atom is 0.119 e. The van der Waals surface area contributed by atoms with E-state index in [2.05, 4.69) is 21.2 Å². The third-order valence-corrected chi connectivity index (χ3v) is 3.86. The molecule has 0 aliphatic heterocycles. The summed E-state index contributed by atoms with van der Waals surface area (Å²) in [6.45, 7) is 3.42. The van der Waals surface area contributed by atoms with Crippen LogP contribution in [0.1, 0.15) is 12.5 Å². The Morgan fingerprint density at radius 3 is 2.53 bits per heavy atom. The van der Waals surface area contributed by atoms with Crippen LogP contribution in [-0.2, 0) is 6.54 Å². The van der Waals surface area contributed by atoms with E-state index in [1.54, 1.807) is 0 Å². The van der Waals surface area contributed by atoms with Crippen LogP contribution in [0.2, 0.25) is 5.02 Å². The maximum atomic E-state index is 5.96. The highest BCUT2D eigenvalue weighted by Crippen LogP contribution is 2.24. The molecule has 0 unspecified atom stereocenters. The number of nitrogens with one attached hydrogen (secondary N) is 1. The lowest BCUT2D eigenvalue weighted by Gasteiger charge is -2.09. The van der Waals surface area contributed by atoms with Crippen LogP contribution in [0.5, 0.6) is 5.75 Å². The Morgan fingerprint density at radius 1 is 1.16 bits per heavy atom. The molecule has 0 bridgehead atoms. The molecule has 0 spiro atoms. The summed E-state index contributed by atoms with van der Waals surface area (Å²) in [5.74, 6) is 0.891. The lowest BCUT2D eigenvalue weighted by molar-refractivity contribution is 0.340. The fourth-order valence-electron chi connectivity index (χ4n) is 1.69. The van der Waals surface area contributed by atoms with E-state index in [0.29, 0.717) is 6.61 Å². The summed E-state index contributed by atoms with van der Waals surface area (Å²) < 4.78 is 6.32. The third-order valence-electron chi connectivity index (χ3n) is 2.65. The number of benzene rings is 2. The molecule has 0 aliphatic rings. The van der Waals surface area contributed by atoms with E-state index in [9.17, 15) is 0 Å². The number of anilines is 1. The van der Waals surface area contributed by atoms with E-state index in [-0.39, 0.29) is 0 Å². The number of hydrogen-bond donors (Lipinski definition) is 1. The van der Waals surface area contributed by atoms with Crippen LogP contribution >= 0.6 is 27.5 Å². The molecule has 1 N–H and O–H groups in total. The van der Waals surface area contributed by atoms with Gasteiger partial charge < -0.3 is 10.1 Å². The van der Waals surface area contributed by atoms with Crippen molar-refractivity contribution in [2.75, 3.05) is 11.9 Å². The topological polar surface area (TPSA) is 21.3 Å². The summed E-state index contributed by atoms with van der Waals surface area (Å²) in [4.78, 5) is 0. The Hall–Kier alpha value is -1.19. The standard InChI is InChI=1S/C15H15BrClNO/c1-2-19-13-6-4-12(5-7-13)18-10-11-3-8-15(17)14(16)9-11/h3-9,18H,2,10H2,1H3. The van der Waals surface area contributed by atoms with E-state index >= 15 is 0 Å². The van der Waals surface area contributed by atoms with Crippen LogP contribution < -0.4 is 10.1 Å². The smallest absolute Gasteiger partial charge is 0.119 e. The lowest BCUT2D eigenvalue weighted by atomic mass is 10.2. The van der Waals surface area contributed by atoms with Crippen molar-refractivity contribution in [3.05, 3.63) is 57.5 Å². The Labute approximate surface area is 126 Å². The fourth-order valence-corrected chi connectivity index (χ4v) is 2.23. The lowest BCUT2D eigenvalue weighted by Crippen LogP contribution is -1.99. The van der Waals surface area contributed by atoms with Gasteiger partial charge in [0, 0.05) is 16.7 Å². The molecule has 2 rings (SSSR count). The van der Waals surface area contributed by atoms with Gasteiger partial charge in [0.15, 0.2) is 0 Å². The van der Waals surface area contributed by atoms with Gasteiger partial charge in [0.25, 0.3) is 0 Å². The number of ether oxygens (including phenoxy) is 1. The quantitative estimate of drug-likeness (QED) is 0.816. The average Bonchev–Trinajstić information content (AvgIpc) is 2.42. The van der Waals surface area contributed by atoms with Crippen molar-refractivity contribution in [3.8, 4) is 5.75 Å². The van der Waals surface area contributed by atoms with E-state index in [1.807, 2.05) is 49.4 Å². The molecule has 4 heteroatoms. The van der Waals surface area contributed by atoms with Gasteiger partial charge in [-0.2, -0.15) is 0 Å². The van der Waals surface area contributed by atoms with Gasteiger partial charge in [0.05, 0.1) is 11.6 Å². The first-order valence-electron chi connectivity index (χ1n) is 6.09. The number of rotatable bonds is 5. The predicted molar refractivity (Wildman–Crippen MR) is 84.1 cm³/mol. The highest BCUT2D eigenvalue weighted by atomic mass is 79.9. The summed E-state index contributed by atoms with van der Waals surface area (Å²) in [5, 5.41) is 4.08. The molecule has 0 atom stereocenters. The minimum atomic E-state index is 0.686. The summed E-state index contributed by atoms with van der Waals surface area (Å²) in [6.07, 6.45) is 0. The van der Waals surface area contributed by atoms with Gasteiger partial charge in [-0.25, -0.2) is 0 Å². The Morgan fingerprint density at radius 2 is 1.89 bits per heavy atom. The monoisotopic (exact) mass is 339 g/mol. The molecule has 0 saturated heterocycles. The van der Waals surface area contributed by atoms with Crippen LogP contribution in [-0.4, -0.2) is 6.61 Å². The number of hydrogen-bond acceptors (Lipinski definition) is 2. The molecule has 0 fully saturated rings. The second-order valence-electron chi connectivity index (χ2n) is 4.06. The SMILES string of the molecule is CCOc1ccc(NCc2ccc(Cl)c(Br)c2)cc1. The van der Waals surface area contributed by atoms with Crippen LogP contribution in [0.25, 0.3) is 0 Å². The molecule has 0 saturated carbocycles. The minimum Gasteiger partial charge on any atom is -0.494 e. The second-order valence-corrected chi connectivity index (χ2v) is 5.32. The molecular formula is C15H15BrClNO. The van der Waals surface area contributed by atoms with Crippen molar-refractivity contribution < 1.29 is 4.74 Å². The molecule has 2 aromatic carbocycles. The van der Waals surface area contributed by atoms with Gasteiger partial charge in [-0.05, 0) is 64.8 Å². The maximum absolute atomic E-state index is 5.96. The zero-order valence-electron chi connectivity index (χ0n) is 10.6. The average molecular weight is 341 g/mol. The van der Waals surface area contributed by atoms with E-state index in [0.717, 1.165) is 27.5 Å². The molecule has 2 nitrogen and oxygen atoms in total. The van der Waals surface area contributed by atoms with Crippen molar-refractivity contribution in [2.45, 2.75) is 13.5 Å². The second kappa shape index (κ2) is 6.83. The normalized spacial score (nSPS) is 10.3. The zero-order valence-corrected chi connectivity index (χ0v) is 13.0. The predicted octanol–water partition coefficient (Wildman–Crippen LogP) is 5.11. The summed E-state index contributed by atoms with van der Waals surface area (Å²) >= 11 is 9.39. The van der Waals surface area contributed by atoms with Crippen molar-refractivity contribution >= 4 is 33.2 Å². The number of halogens is 2. The van der Waals surface area contributed by atoms with Crippen LogP contribution in [0, 0.1) is 0 Å². The molecular weight excluding hydrogens is 326 g/mol. The molecule has 0 aliphatic carbocycles. The molecule has 2 aromatic rings. The largest absolute Gasteiger partial charge is 0.494 e. The van der Waals surface area contributed by atoms with E-state index in [4.69, 9.17) is 16.3 Å². The Bertz CT molecular complexity index is 542. The fraction of sp³-hybridized carbons (Fsp3) is 0.200. The van der Waals surface area contributed by atoms with E-state index in [1.165, 1.54) is 5.56 Å². The van der Waals surface area contributed by atoms with Gasteiger partial charge in [-0.3, -0.25) is 0 Å². The van der Waals surface area contributed by atoms with Gasteiger partial charge in [-0.15, -0.1) is 0 Å². The summed E-state index contributed by atoms with van der Waals surface area (Å²) in [6, 6.07) is 13.9. The van der Waals surface area contributed by atoms with Crippen LogP contribution in [0.4, 0.5) is 5.69 Å². The van der Waals surface area contributed by atoms with Gasteiger partial charge >= 0.3 is 0 Å². The highest BCUT2D eigenvalue weighted by Gasteiger charge is 1.99. The zero-order chi connectivity index (χ0) is 13.7. The summed E-state index contributed by atoms with van der Waals surface area (Å²) in [7, 11) is 0. The molecule has 0 radical (unpaired) electrons. The van der Waals surface area contributed by atoms with Crippen LogP contribution in [0.3, 0.4) is 0 Å². The van der Waals surface area contributed by atoms with Gasteiger partial charge in [-0.1, -0.05) is 17.7 Å². The van der Waals surface area contributed by atoms with Crippen molar-refractivity contribution in [1.82, 2.24) is 0 Å². The minimum absolute atomic E-state index is 0.686. The Kier molecular flexibility index (Phi) is 5.11. The van der Waals surface area contributed by atoms with Gasteiger partial charge in [0.2, 0.25) is 0 Å².